The lowest BCUT2D eigenvalue weighted by Gasteiger charge is -2.26. The van der Waals surface area contributed by atoms with E-state index in [0.29, 0.717) is 18.0 Å². The van der Waals surface area contributed by atoms with Crippen LogP contribution in [0, 0.1) is 0 Å². The van der Waals surface area contributed by atoms with Gasteiger partial charge in [-0.2, -0.15) is 0 Å². The van der Waals surface area contributed by atoms with Gasteiger partial charge in [-0.05, 0) is 25.1 Å². The summed E-state index contributed by atoms with van der Waals surface area (Å²) in [6, 6.07) is 7.56. The van der Waals surface area contributed by atoms with Gasteiger partial charge in [-0.25, -0.2) is 0 Å². The summed E-state index contributed by atoms with van der Waals surface area (Å²) in [4.78, 5) is 12.0. The fourth-order valence-electron chi connectivity index (χ4n) is 1.72. The standard InChI is InChI=1S/C14H16N2O2/c1-3-10(4-2)16-14(17)13-9-15-11-7-5-6-8-12(11)18-13/h3-8,13,15H,1,9H2,2H3,(H,16,17)/b10-4+. The van der Waals surface area contributed by atoms with Gasteiger partial charge in [0.1, 0.15) is 5.75 Å². The Kier molecular flexibility index (Phi) is 3.67. The lowest BCUT2D eigenvalue weighted by Crippen LogP contribution is -2.44. The van der Waals surface area contributed by atoms with E-state index in [2.05, 4.69) is 17.2 Å². The molecule has 4 nitrogen and oxygen atoms in total. The van der Waals surface area contributed by atoms with E-state index in [9.17, 15) is 4.79 Å². The molecule has 1 unspecified atom stereocenters. The van der Waals surface area contributed by atoms with Crippen molar-refractivity contribution in [1.29, 1.82) is 0 Å². The van der Waals surface area contributed by atoms with Crippen molar-refractivity contribution in [2.24, 2.45) is 0 Å². The van der Waals surface area contributed by atoms with E-state index in [1.807, 2.05) is 31.2 Å². The highest BCUT2D eigenvalue weighted by Gasteiger charge is 2.25. The van der Waals surface area contributed by atoms with Gasteiger partial charge in [0.15, 0.2) is 6.10 Å². The molecule has 18 heavy (non-hydrogen) atoms. The van der Waals surface area contributed by atoms with Gasteiger partial charge in [0.2, 0.25) is 0 Å². The SMILES string of the molecule is C=C/C(=C\C)NC(=O)C1CNc2ccccc2O1. The average Bonchev–Trinajstić information content (AvgIpc) is 2.44. The first-order chi connectivity index (χ1) is 8.74. The molecule has 1 heterocycles. The van der Waals surface area contributed by atoms with E-state index in [0.717, 1.165) is 5.69 Å². The topological polar surface area (TPSA) is 50.4 Å². The molecule has 0 bridgehead atoms. The van der Waals surface area contributed by atoms with Gasteiger partial charge < -0.3 is 15.4 Å². The van der Waals surface area contributed by atoms with Gasteiger partial charge in [-0.15, -0.1) is 0 Å². The number of rotatable bonds is 3. The lowest BCUT2D eigenvalue weighted by atomic mass is 10.2. The number of carbonyl (C=O) groups is 1. The summed E-state index contributed by atoms with van der Waals surface area (Å²) in [5.74, 6) is 0.523. The molecule has 1 aromatic rings. The van der Waals surface area contributed by atoms with Crippen molar-refractivity contribution in [3.05, 3.63) is 48.7 Å². The van der Waals surface area contributed by atoms with E-state index in [1.165, 1.54) is 0 Å². The van der Waals surface area contributed by atoms with E-state index in [1.54, 1.807) is 12.2 Å². The van der Waals surface area contributed by atoms with Crippen LogP contribution >= 0.6 is 0 Å². The number of ether oxygens (including phenoxy) is 1. The third kappa shape index (κ3) is 2.53. The maximum absolute atomic E-state index is 12.0. The van der Waals surface area contributed by atoms with Crippen LogP contribution in [0.25, 0.3) is 0 Å². The fraction of sp³-hybridized carbons (Fsp3) is 0.214. The molecule has 0 aromatic heterocycles. The molecule has 0 spiro atoms. The molecule has 1 atom stereocenters. The van der Waals surface area contributed by atoms with Crippen molar-refractivity contribution in [2.45, 2.75) is 13.0 Å². The molecule has 2 N–H and O–H groups in total. The zero-order valence-corrected chi connectivity index (χ0v) is 10.3. The second-order valence-electron chi connectivity index (χ2n) is 3.92. The minimum atomic E-state index is -0.533. The summed E-state index contributed by atoms with van der Waals surface area (Å²) < 4.78 is 5.65. The molecule has 0 radical (unpaired) electrons. The number of amides is 1. The predicted octanol–water partition coefficient (Wildman–Crippen LogP) is 2.07. The molecule has 94 valence electrons. The van der Waals surface area contributed by atoms with Crippen molar-refractivity contribution < 1.29 is 9.53 Å². The summed E-state index contributed by atoms with van der Waals surface area (Å²) in [5, 5.41) is 5.93. The molecule has 0 aliphatic carbocycles. The highest BCUT2D eigenvalue weighted by Crippen LogP contribution is 2.28. The van der Waals surface area contributed by atoms with E-state index < -0.39 is 6.10 Å². The first kappa shape index (κ1) is 12.2. The highest BCUT2D eigenvalue weighted by molar-refractivity contribution is 5.84. The van der Waals surface area contributed by atoms with Crippen LogP contribution in [0.5, 0.6) is 5.75 Å². The van der Waals surface area contributed by atoms with Crippen molar-refractivity contribution in [3.63, 3.8) is 0 Å². The van der Waals surface area contributed by atoms with Gasteiger partial charge in [-0.1, -0.05) is 24.8 Å². The maximum atomic E-state index is 12.0. The Morgan fingerprint density at radius 2 is 2.33 bits per heavy atom. The van der Waals surface area contributed by atoms with Crippen molar-refractivity contribution in [3.8, 4) is 5.75 Å². The van der Waals surface area contributed by atoms with Gasteiger partial charge in [0.05, 0.1) is 12.2 Å². The van der Waals surface area contributed by atoms with Crippen LogP contribution in [0.15, 0.2) is 48.7 Å². The zero-order valence-electron chi connectivity index (χ0n) is 10.3. The maximum Gasteiger partial charge on any atom is 0.267 e. The summed E-state index contributed by atoms with van der Waals surface area (Å²) in [5.41, 5.74) is 1.60. The summed E-state index contributed by atoms with van der Waals surface area (Å²) in [7, 11) is 0. The first-order valence-corrected chi connectivity index (χ1v) is 5.83. The normalized spacial score (nSPS) is 18.1. The van der Waals surface area contributed by atoms with Gasteiger partial charge >= 0.3 is 0 Å². The molecule has 1 aromatic carbocycles. The number of anilines is 1. The molecule has 2 rings (SSSR count). The highest BCUT2D eigenvalue weighted by atomic mass is 16.5. The second-order valence-corrected chi connectivity index (χ2v) is 3.92. The van der Waals surface area contributed by atoms with E-state index in [4.69, 9.17) is 4.74 Å². The van der Waals surface area contributed by atoms with Crippen LogP contribution in [0.4, 0.5) is 5.69 Å². The van der Waals surface area contributed by atoms with Gasteiger partial charge in [-0.3, -0.25) is 4.79 Å². The summed E-state index contributed by atoms with van der Waals surface area (Å²) in [6.45, 7) is 5.92. The number of nitrogens with one attached hydrogen (secondary N) is 2. The average molecular weight is 244 g/mol. The molecule has 0 saturated carbocycles. The quantitative estimate of drug-likeness (QED) is 0.800. The molecular weight excluding hydrogens is 228 g/mol. The fourth-order valence-corrected chi connectivity index (χ4v) is 1.72. The van der Waals surface area contributed by atoms with Crippen molar-refractivity contribution >= 4 is 11.6 Å². The van der Waals surface area contributed by atoms with Gasteiger partial charge in [0, 0.05) is 5.70 Å². The zero-order chi connectivity index (χ0) is 13.0. The van der Waals surface area contributed by atoms with E-state index in [-0.39, 0.29) is 5.91 Å². The Bertz CT molecular complexity index is 494. The molecular formula is C14H16N2O2. The Labute approximate surface area is 106 Å². The number of hydrogen-bond donors (Lipinski definition) is 2. The number of hydrogen-bond acceptors (Lipinski definition) is 3. The monoisotopic (exact) mass is 244 g/mol. The van der Waals surface area contributed by atoms with Crippen molar-refractivity contribution in [2.75, 3.05) is 11.9 Å². The largest absolute Gasteiger partial charge is 0.477 e. The summed E-state index contributed by atoms with van der Waals surface area (Å²) in [6.07, 6.45) is 2.85. The minimum absolute atomic E-state index is 0.176. The van der Waals surface area contributed by atoms with Crippen LogP contribution < -0.4 is 15.4 Å². The molecule has 4 heteroatoms. The van der Waals surface area contributed by atoms with Gasteiger partial charge in [0.25, 0.3) is 5.91 Å². The van der Waals surface area contributed by atoms with Crippen molar-refractivity contribution in [1.82, 2.24) is 5.32 Å². The molecule has 0 fully saturated rings. The van der Waals surface area contributed by atoms with E-state index >= 15 is 0 Å². The smallest absolute Gasteiger partial charge is 0.267 e. The Morgan fingerprint density at radius 3 is 3.06 bits per heavy atom. The van der Waals surface area contributed by atoms with Crippen LogP contribution in [-0.4, -0.2) is 18.6 Å². The number of fused-ring (bicyclic) bond motifs is 1. The molecule has 0 saturated heterocycles. The Balaban J connectivity index is 2.05. The third-order valence-corrected chi connectivity index (χ3v) is 2.73. The van der Waals surface area contributed by atoms with Crippen LogP contribution in [-0.2, 0) is 4.79 Å². The Morgan fingerprint density at radius 1 is 1.56 bits per heavy atom. The lowest BCUT2D eigenvalue weighted by molar-refractivity contribution is -0.126. The van der Waals surface area contributed by atoms with Crippen LogP contribution in [0.1, 0.15) is 6.92 Å². The molecule has 1 aliphatic rings. The predicted molar refractivity (Wildman–Crippen MR) is 71.4 cm³/mol. The number of para-hydroxylation sites is 2. The first-order valence-electron chi connectivity index (χ1n) is 5.83. The number of benzene rings is 1. The van der Waals surface area contributed by atoms with Crippen LogP contribution in [0.2, 0.25) is 0 Å². The summed E-state index contributed by atoms with van der Waals surface area (Å²) >= 11 is 0. The molecule has 1 amide bonds. The number of allylic oxidation sites excluding steroid dienone is 2. The minimum Gasteiger partial charge on any atom is -0.477 e. The Hall–Kier alpha value is -2.23. The second kappa shape index (κ2) is 5.40. The number of carbonyl (C=O) groups excluding carboxylic acids is 1. The third-order valence-electron chi connectivity index (χ3n) is 2.73. The molecule has 1 aliphatic heterocycles. The van der Waals surface area contributed by atoms with Crippen LogP contribution in [0.3, 0.4) is 0 Å².